The monoisotopic (exact) mass is 243 g/mol. The van der Waals surface area contributed by atoms with Crippen molar-refractivity contribution in [1.82, 2.24) is 4.90 Å². The van der Waals surface area contributed by atoms with Crippen LogP contribution < -0.4 is 0 Å². The standard InChI is InChI=1S/C11H17NOS2/c1-4-5-12(8(2)3)11(13)10-6-9(14)7-15-10/h6-8,14H,4-5H2,1-3H3. The molecule has 0 fully saturated rings. The Kier molecular flexibility index (Phi) is 4.67. The van der Waals surface area contributed by atoms with Gasteiger partial charge in [-0.05, 0) is 26.3 Å². The summed E-state index contributed by atoms with van der Waals surface area (Å²) in [6, 6.07) is 2.09. The van der Waals surface area contributed by atoms with Gasteiger partial charge in [-0.3, -0.25) is 4.79 Å². The molecule has 0 saturated carbocycles. The molecule has 4 heteroatoms. The fraction of sp³-hybridized carbons (Fsp3) is 0.545. The Hall–Kier alpha value is -0.480. The maximum absolute atomic E-state index is 12.1. The minimum atomic E-state index is 0.122. The van der Waals surface area contributed by atoms with Crippen LogP contribution in [0.15, 0.2) is 16.3 Å². The van der Waals surface area contributed by atoms with Gasteiger partial charge in [-0.1, -0.05) is 6.92 Å². The molecule has 0 unspecified atom stereocenters. The van der Waals surface area contributed by atoms with Crippen molar-refractivity contribution in [3.8, 4) is 0 Å². The Balaban J connectivity index is 2.80. The first-order valence-corrected chi connectivity index (χ1v) is 6.47. The van der Waals surface area contributed by atoms with Gasteiger partial charge in [0.25, 0.3) is 5.91 Å². The highest BCUT2D eigenvalue weighted by atomic mass is 32.1. The zero-order valence-electron chi connectivity index (χ0n) is 9.36. The molecule has 0 radical (unpaired) electrons. The predicted molar refractivity (Wildman–Crippen MR) is 68.0 cm³/mol. The van der Waals surface area contributed by atoms with Crippen molar-refractivity contribution in [3.05, 3.63) is 16.3 Å². The molecule has 0 N–H and O–H groups in total. The van der Waals surface area contributed by atoms with E-state index >= 15 is 0 Å². The Labute approximate surface area is 101 Å². The topological polar surface area (TPSA) is 20.3 Å². The fourth-order valence-electron chi connectivity index (χ4n) is 1.42. The van der Waals surface area contributed by atoms with Crippen LogP contribution in [0.1, 0.15) is 36.9 Å². The second-order valence-corrected chi connectivity index (χ2v) is 5.19. The lowest BCUT2D eigenvalue weighted by molar-refractivity contribution is 0.0711. The van der Waals surface area contributed by atoms with Crippen molar-refractivity contribution in [2.24, 2.45) is 0 Å². The first-order valence-electron chi connectivity index (χ1n) is 5.14. The second kappa shape index (κ2) is 5.56. The highest BCUT2D eigenvalue weighted by molar-refractivity contribution is 7.80. The number of thiophene rings is 1. The van der Waals surface area contributed by atoms with E-state index in [2.05, 4.69) is 19.6 Å². The SMILES string of the molecule is CCCN(C(=O)c1cc(S)cs1)C(C)C. The molecule has 1 aromatic rings. The minimum absolute atomic E-state index is 0.122. The summed E-state index contributed by atoms with van der Waals surface area (Å²) in [5.41, 5.74) is 0. The third-order valence-electron chi connectivity index (χ3n) is 2.15. The summed E-state index contributed by atoms with van der Waals surface area (Å²) < 4.78 is 0. The number of carbonyl (C=O) groups is 1. The van der Waals surface area contributed by atoms with Crippen molar-refractivity contribution in [2.45, 2.75) is 38.1 Å². The van der Waals surface area contributed by atoms with Crippen LogP contribution in [0.25, 0.3) is 0 Å². The lowest BCUT2D eigenvalue weighted by Crippen LogP contribution is -2.37. The molecule has 15 heavy (non-hydrogen) atoms. The van der Waals surface area contributed by atoms with Crippen LogP contribution in [0.5, 0.6) is 0 Å². The first kappa shape index (κ1) is 12.6. The van der Waals surface area contributed by atoms with Crippen LogP contribution in [0.4, 0.5) is 0 Å². The average molecular weight is 243 g/mol. The van der Waals surface area contributed by atoms with Gasteiger partial charge in [-0.2, -0.15) is 0 Å². The lowest BCUT2D eigenvalue weighted by atomic mass is 10.2. The van der Waals surface area contributed by atoms with Crippen molar-refractivity contribution in [2.75, 3.05) is 6.54 Å². The molecule has 2 nitrogen and oxygen atoms in total. The maximum Gasteiger partial charge on any atom is 0.264 e. The highest BCUT2D eigenvalue weighted by Gasteiger charge is 2.18. The van der Waals surface area contributed by atoms with Gasteiger partial charge in [0, 0.05) is 22.9 Å². The fourth-order valence-corrected chi connectivity index (χ4v) is 2.52. The minimum Gasteiger partial charge on any atom is -0.336 e. The quantitative estimate of drug-likeness (QED) is 0.805. The van der Waals surface area contributed by atoms with Crippen molar-refractivity contribution in [3.63, 3.8) is 0 Å². The van der Waals surface area contributed by atoms with Gasteiger partial charge < -0.3 is 4.90 Å². The van der Waals surface area contributed by atoms with Crippen LogP contribution in [0, 0.1) is 0 Å². The Bertz CT molecular complexity index is 333. The van der Waals surface area contributed by atoms with E-state index < -0.39 is 0 Å². The van der Waals surface area contributed by atoms with E-state index in [1.807, 2.05) is 30.2 Å². The average Bonchev–Trinajstić information content (AvgIpc) is 2.59. The molecule has 1 amide bonds. The zero-order chi connectivity index (χ0) is 11.4. The zero-order valence-corrected chi connectivity index (χ0v) is 11.1. The molecule has 0 spiro atoms. The first-order chi connectivity index (χ1) is 7.06. The van der Waals surface area contributed by atoms with Crippen LogP contribution in [0.3, 0.4) is 0 Å². The van der Waals surface area contributed by atoms with Crippen molar-refractivity contribution >= 4 is 29.9 Å². The van der Waals surface area contributed by atoms with Gasteiger partial charge >= 0.3 is 0 Å². The van der Waals surface area contributed by atoms with E-state index in [-0.39, 0.29) is 11.9 Å². The van der Waals surface area contributed by atoms with E-state index in [0.717, 1.165) is 22.7 Å². The molecule has 0 aliphatic heterocycles. The number of nitrogens with zero attached hydrogens (tertiary/aromatic N) is 1. The van der Waals surface area contributed by atoms with Gasteiger partial charge in [-0.25, -0.2) is 0 Å². The third kappa shape index (κ3) is 3.24. The summed E-state index contributed by atoms with van der Waals surface area (Å²) in [7, 11) is 0. The van der Waals surface area contributed by atoms with Crippen LogP contribution in [0.2, 0.25) is 0 Å². The molecule has 0 aromatic carbocycles. The second-order valence-electron chi connectivity index (χ2n) is 3.76. The molecule has 1 heterocycles. The molecule has 1 rings (SSSR count). The van der Waals surface area contributed by atoms with E-state index in [1.54, 1.807) is 0 Å². The molecule has 0 bridgehead atoms. The summed E-state index contributed by atoms with van der Waals surface area (Å²) in [5.74, 6) is 0.122. The van der Waals surface area contributed by atoms with Crippen LogP contribution in [-0.2, 0) is 0 Å². The third-order valence-corrected chi connectivity index (χ3v) is 3.50. The summed E-state index contributed by atoms with van der Waals surface area (Å²) in [5, 5.41) is 1.89. The van der Waals surface area contributed by atoms with E-state index in [4.69, 9.17) is 0 Å². The Morgan fingerprint density at radius 2 is 2.27 bits per heavy atom. The Morgan fingerprint density at radius 3 is 2.67 bits per heavy atom. The van der Waals surface area contributed by atoms with E-state index in [1.165, 1.54) is 11.3 Å². The molecule has 84 valence electrons. The number of amides is 1. The van der Waals surface area contributed by atoms with Crippen molar-refractivity contribution in [1.29, 1.82) is 0 Å². The van der Waals surface area contributed by atoms with Crippen molar-refractivity contribution < 1.29 is 4.79 Å². The number of thiol groups is 1. The molecule has 1 aromatic heterocycles. The van der Waals surface area contributed by atoms with Gasteiger partial charge in [0.05, 0.1) is 4.88 Å². The van der Waals surface area contributed by atoms with Gasteiger partial charge in [-0.15, -0.1) is 24.0 Å². The summed E-state index contributed by atoms with van der Waals surface area (Å²) in [4.78, 5) is 15.6. The van der Waals surface area contributed by atoms with E-state index in [9.17, 15) is 4.79 Å². The molecular weight excluding hydrogens is 226 g/mol. The van der Waals surface area contributed by atoms with Crippen LogP contribution in [-0.4, -0.2) is 23.4 Å². The lowest BCUT2D eigenvalue weighted by Gasteiger charge is -2.25. The van der Waals surface area contributed by atoms with Crippen LogP contribution >= 0.6 is 24.0 Å². The molecule has 0 aliphatic carbocycles. The van der Waals surface area contributed by atoms with E-state index in [0.29, 0.717) is 0 Å². The number of rotatable bonds is 4. The summed E-state index contributed by atoms with van der Waals surface area (Å²) >= 11 is 5.67. The number of hydrogen-bond acceptors (Lipinski definition) is 3. The normalized spacial score (nSPS) is 10.7. The molecule has 0 atom stereocenters. The smallest absolute Gasteiger partial charge is 0.264 e. The predicted octanol–water partition coefficient (Wildman–Crippen LogP) is 3.30. The number of carbonyl (C=O) groups excluding carboxylic acids is 1. The molecule has 0 saturated heterocycles. The highest BCUT2D eigenvalue weighted by Crippen LogP contribution is 2.20. The summed E-state index contributed by atoms with van der Waals surface area (Å²) in [6.07, 6.45) is 0.989. The Morgan fingerprint density at radius 1 is 1.60 bits per heavy atom. The van der Waals surface area contributed by atoms with Gasteiger partial charge in [0.1, 0.15) is 0 Å². The summed E-state index contributed by atoms with van der Waals surface area (Å²) in [6.45, 7) is 6.99. The van der Waals surface area contributed by atoms with Gasteiger partial charge in [0.2, 0.25) is 0 Å². The molecular formula is C11H17NOS2. The molecule has 0 aliphatic rings. The number of hydrogen-bond donors (Lipinski definition) is 1. The van der Waals surface area contributed by atoms with Gasteiger partial charge in [0.15, 0.2) is 0 Å². The largest absolute Gasteiger partial charge is 0.336 e. The maximum atomic E-state index is 12.1.